The number of H-pyrrole nitrogens is 1. The molecule has 0 unspecified atom stereocenters. The summed E-state index contributed by atoms with van der Waals surface area (Å²) in [7, 11) is 0. The second-order valence-corrected chi connectivity index (χ2v) is 7.08. The number of nitrogens with zero attached hydrogens (tertiary/aromatic N) is 4. The van der Waals surface area contributed by atoms with Gasteiger partial charge in [-0.3, -0.25) is 14.9 Å². The number of nitrogens with one attached hydrogen (secondary N) is 1. The topological polar surface area (TPSA) is 122 Å². The van der Waals surface area contributed by atoms with E-state index in [1.54, 1.807) is 17.9 Å². The average molecular weight is 423 g/mol. The fraction of sp³-hybridized carbons (Fsp3) is 0.286. The number of benzene rings is 1. The van der Waals surface area contributed by atoms with E-state index in [0.29, 0.717) is 44.0 Å². The summed E-state index contributed by atoms with van der Waals surface area (Å²) < 4.78 is 5.07. The third kappa shape index (κ3) is 4.04. The fourth-order valence-electron chi connectivity index (χ4n) is 3.64. The van der Waals surface area contributed by atoms with Crippen LogP contribution in [0.3, 0.4) is 0 Å². The molecule has 1 aromatic carbocycles. The van der Waals surface area contributed by atoms with Crippen molar-refractivity contribution in [3.63, 3.8) is 0 Å². The number of carbonyl (C=O) groups is 1. The lowest BCUT2D eigenvalue weighted by molar-refractivity contribution is -0.386. The molecular weight excluding hydrogens is 402 g/mol. The van der Waals surface area contributed by atoms with E-state index >= 15 is 0 Å². The lowest BCUT2D eigenvalue weighted by Crippen LogP contribution is -2.49. The Labute approximate surface area is 177 Å². The Morgan fingerprint density at radius 2 is 1.90 bits per heavy atom. The van der Waals surface area contributed by atoms with Crippen LogP contribution >= 0.6 is 0 Å². The van der Waals surface area contributed by atoms with E-state index < -0.39 is 16.2 Å². The Kier molecular flexibility index (Phi) is 5.52. The zero-order chi connectivity index (χ0) is 22.0. The molecular formula is C21H21N5O5. The minimum absolute atomic E-state index is 0.276. The number of rotatable bonds is 4. The van der Waals surface area contributed by atoms with Crippen LogP contribution in [0.15, 0.2) is 47.3 Å². The monoisotopic (exact) mass is 423 g/mol. The summed E-state index contributed by atoms with van der Waals surface area (Å²) in [5.41, 5.74) is 0.644. The second-order valence-electron chi connectivity index (χ2n) is 7.08. The van der Waals surface area contributed by atoms with Gasteiger partial charge in [0.05, 0.1) is 11.5 Å². The number of carbonyl (C=O) groups excluding carboxylic acids is 1. The Bertz CT molecular complexity index is 1190. The van der Waals surface area contributed by atoms with Crippen LogP contribution in [-0.2, 0) is 4.74 Å². The third-order valence-electron chi connectivity index (χ3n) is 5.18. The van der Waals surface area contributed by atoms with Gasteiger partial charge in [-0.25, -0.2) is 9.78 Å². The molecule has 2 aromatic heterocycles. The smallest absolute Gasteiger partial charge is 0.409 e. The van der Waals surface area contributed by atoms with Gasteiger partial charge in [-0.2, -0.15) is 0 Å². The Morgan fingerprint density at radius 1 is 1.19 bits per heavy atom. The molecule has 0 aliphatic carbocycles. The highest BCUT2D eigenvalue weighted by molar-refractivity contribution is 5.89. The Balaban J connectivity index is 1.77. The van der Waals surface area contributed by atoms with Crippen molar-refractivity contribution >= 4 is 28.6 Å². The highest BCUT2D eigenvalue weighted by atomic mass is 16.6. The quantitative estimate of drug-likeness (QED) is 0.506. The molecule has 0 bridgehead atoms. The van der Waals surface area contributed by atoms with Crippen LogP contribution in [-0.4, -0.2) is 58.7 Å². The van der Waals surface area contributed by atoms with Crippen LogP contribution in [0.4, 0.5) is 16.3 Å². The Morgan fingerprint density at radius 3 is 2.55 bits per heavy atom. The SMILES string of the molecule is CCOC(=O)N1CCN(c2nc3[nH]c(=O)c([N+](=O)[O-])cc3cc2-c2ccccc2)CC1. The van der Waals surface area contributed by atoms with Crippen LogP contribution in [0.2, 0.25) is 0 Å². The van der Waals surface area contributed by atoms with Crippen LogP contribution < -0.4 is 10.5 Å². The minimum Gasteiger partial charge on any atom is -0.450 e. The van der Waals surface area contributed by atoms with E-state index in [1.165, 1.54) is 6.07 Å². The van der Waals surface area contributed by atoms with Crippen LogP contribution in [0.1, 0.15) is 6.92 Å². The van der Waals surface area contributed by atoms with Gasteiger partial charge in [0.2, 0.25) is 0 Å². The molecule has 0 spiro atoms. The number of pyridine rings is 2. The maximum atomic E-state index is 12.1. The fourth-order valence-corrected chi connectivity index (χ4v) is 3.64. The van der Waals surface area contributed by atoms with E-state index in [1.807, 2.05) is 35.2 Å². The van der Waals surface area contributed by atoms with Gasteiger partial charge in [-0.1, -0.05) is 30.3 Å². The van der Waals surface area contributed by atoms with Crippen molar-refractivity contribution in [1.29, 1.82) is 0 Å². The highest BCUT2D eigenvalue weighted by Crippen LogP contribution is 2.33. The van der Waals surface area contributed by atoms with Gasteiger partial charge in [0, 0.05) is 43.2 Å². The lowest BCUT2D eigenvalue weighted by atomic mass is 10.0. The van der Waals surface area contributed by atoms with E-state index in [2.05, 4.69) is 9.97 Å². The molecule has 1 aliphatic heterocycles. The predicted octanol–water partition coefficient (Wildman–Crippen LogP) is 2.78. The summed E-state index contributed by atoms with van der Waals surface area (Å²) in [5, 5.41) is 11.7. The number of nitro groups is 1. The first-order valence-corrected chi connectivity index (χ1v) is 9.92. The number of ether oxygens (including phenoxy) is 1. The van der Waals surface area contributed by atoms with Gasteiger partial charge in [-0.15, -0.1) is 0 Å². The largest absolute Gasteiger partial charge is 0.450 e. The summed E-state index contributed by atoms with van der Waals surface area (Å²) in [6.07, 6.45) is -0.339. The molecule has 1 aliphatic rings. The molecule has 160 valence electrons. The molecule has 1 saturated heterocycles. The first-order chi connectivity index (χ1) is 15.0. The van der Waals surface area contributed by atoms with Gasteiger partial charge in [0.25, 0.3) is 0 Å². The van der Waals surface area contributed by atoms with Gasteiger partial charge >= 0.3 is 17.3 Å². The number of hydrogen-bond acceptors (Lipinski definition) is 7. The van der Waals surface area contributed by atoms with Gasteiger partial charge in [-0.05, 0) is 18.6 Å². The number of aromatic nitrogens is 2. The zero-order valence-electron chi connectivity index (χ0n) is 16.9. The molecule has 3 aromatic rings. The number of amides is 1. The number of hydrogen-bond donors (Lipinski definition) is 1. The van der Waals surface area contributed by atoms with Crippen molar-refractivity contribution in [2.24, 2.45) is 0 Å². The molecule has 0 saturated carbocycles. The standard InChI is InChI=1S/C21H21N5O5/c1-2-31-21(28)25-10-8-24(9-11-25)19-16(14-6-4-3-5-7-14)12-15-13-17(26(29)30)20(27)23-18(15)22-19/h3-7,12-13H,2,8-11H2,1H3,(H,22,23,27). The van der Waals surface area contributed by atoms with Crippen molar-refractivity contribution in [2.45, 2.75) is 6.92 Å². The molecule has 1 N–H and O–H groups in total. The number of anilines is 1. The molecule has 3 heterocycles. The molecule has 1 fully saturated rings. The molecule has 10 nitrogen and oxygen atoms in total. The third-order valence-corrected chi connectivity index (χ3v) is 5.18. The molecule has 1 amide bonds. The summed E-state index contributed by atoms with van der Waals surface area (Å²) >= 11 is 0. The maximum absolute atomic E-state index is 12.1. The van der Waals surface area contributed by atoms with E-state index in [4.69, 9.17) is 4.74 Å². The van der Waals surface area contributed by atoms with Crippen molar-refractivity contribution in [1.82, 2.24) is 14.9 Å². The minimum atomic E-state index is -0.796. The molecule has 0 atom stereocenters. The highest BCUT2D eigenvalue weighted by Gasteiger charge is 2.25. The van der Waals surface area contributed by atoms with Gasteiger partial charge < -0.3 is 19.5 Å². The van der Waals surface area contributed by atoms with Crippen molar-refractivity contribution in [3.8, 4) is 11.1 Å². The van der Waals surface area contributed by atoms with Gasteiger partial charge in [0.15, 0.2) is 0 Å². The van der Waals surface area contributed by atoms with E-state index in [0.717, 1.165) is 11.1 Å². The molecule has 0 radical (unpaired) electrons. The number of piperazine rings is 1. The summed E-state index contributed by atoms with van der Waals surface area (Å²) in [4.78, 5) is 45.4. The van der Waals surface area contributed by atoms with Crippen LogP contribution in [0.25, 0.3) is 22.2 Å². The average Bonchev–Trinajstić information content (AvgIpc) is 2.78. The van der Waals surface area contributed by atoms with E-state index in [-0.39, 0.29) is 11.7 Å². The van der Waals surface area contributed by atoms with Crippen molar-refractivity contribution in [2.75, 3.05) is 37.7 Å². The molecule has 31 heavy (non-hydrogen) atoms. The summed E-state index contributed by atoms with van der Waals surface area (Å²) in [6.45, 7) is 4.11. The Hall–Kier alpha value is -3.95. The maximum Gasteiger partial charge on any atom is 0.409 e. The van der Waals surface area contributed by atoms with Crippen molar-refractivity contribution < 1.29 is 14.5 Å². The second kappa shape index (κ2) is 8.42. The zero-order valence-corrected chi connectivity index (χ0v) is 16.9. The first-order valence-electron chi connectivity index (χ1n) is 9.92. The molecule has 4 rings (SSSR count). The summed E-state index contributed by atoms with van der Waals surface area (Å²) in [6, 6.07) is 12.6. The van der Waals surface area contributed by atoms with Crippen LogP contribution in [0, 0.1) is 10.1 Å². The van der Waals surface area contributed by atoms with Crippen molar-refractivity contribution in [3.05, 3.63) is 62.9 Å². The number of fused-ring (bicyclic) bond motifs is 1. The lowest BCUT2D eigenvalue weighted by Gasteiger charge is -2.35. The summed E-state index contributed by atoms with van der Waals surface area (Å²) in [5.74, 6) is 0.645. The predicted molar refractivity (Wildman–Crippen MR) is 115 cm³/mol. The van der Waals surface area contributed by atoms with Crippen LogP contribution in [0.5, 0.6) is 0 Å². The van der Waals surface area contributed by atoms with Gasteiger partial charge in [0.1, 0.15) is 11.5 Å². The molecule has 10 heteroatoms. The number of aromatic amines is 1. The first kappa shape index (κ1) is 20.3. The normalized spacial score (nSPS) is 14.0. The van der Waals surface area contributed by atoms with E-state index in [9.17, 15) is 19.7 Å².